The van der Waals surface area contributed by atoms with Crippen LogP contribution in [0.2, 0.25) is 0 Å². The minimum absolute atomic E-state index is 0.0576. The van der Waals surface area contributed by atoms with E-state index >= 15 is 0 Å². The lowest BCUT2D eigenvalue weighted by molar-refractivity contribution is -0.136. The van der Waals surface area contributed by atoms with Gasteiger partial charge in [0.1, 0.15) is 36.0 Å². The van der Waals surface area contributed by atoms with Gasteiger partial charge >= 0.3 is 11.9 Å². The maximum Gasteiger partial charge on any atom is 0.349 e. The number of hydrogen-bond donors (Lipinski definition) is 0. The van der Waals surface area contributed by atoms with E-state index in [0.717, 1.165) is 10.0 Å². The first-order chi connectivity index (χ1) is 15.0. The van der Waals surface area contributed by atoms with E-state index in [0.29, 0.717) is 11.5 Å². The lowest BCUT2D eigenvalue weighted by Crippen LogP contribution is -2.20. The highest BCUT2D eigenvalue weighted by Gasteiger charge is 2.17. The molecule has 0 aliphatic heterocycles. The zero-order valence-corrected chi connectivity index (χ0v) is 18.5. The van der Waals surface area contributed by atoms with Gasteiger partial charge in [-0.05, 0) is 55.0 Å². The first-order valence-corrected chi connectivity index (χ1v) is 10.4. The van der Waals surface area contributed by atoms with Crippen molar-refractivity contribution in [3.63, 3.8) is 0 Å². The smallest absolute Gasteiger partial charge is 0.349 e. The Morgan fingerprint density at radius 1 is 0.839 bits per heavy atom. The number of rotatable bonds is 9. The molecule has 0 saturated heterocycles. The first kappa shape index (κ1) is 22.4. The average Bonchev–Trinajstić information content (AvgIpc) is 2.78. The van der Waals surface area contributed by atoms with Gasteiger partial charge in [-0.15, -0.1) is 0 Å². The van der Waals surface area contributed by atoms with Gasteiger partial charge in [0.05, 0.1) is 0 Å². The topological polar surface area (TPSA) is 71.1 Å². The summed E-state index contributed by atoms with van der Waals surface area (Å²) in [7, 11) is 0. The number of esters is 2. The molecule has 0 heterocycles. The van der Waals surface area contributed by atoms with Crippen molar-refractivity contribution in [3.8, 4) is 17.2 Å². The van der Waals surface area contributed by atoms with Crippen LogP contribution in [0.25, 0.3) is 0 Å². The Bertz CT molecular complexity index is 1040. The molecule has 0 aromatic heterocycles. The molecule has 0 spiro atoms. The fraction of sp³-hybridized carbons (Fsp3) is 0.167. The maximum atomic E-state index is 12.4. The molecule has 6 nitrogen and oxygen atoms in total. The molecule has 31 heavy (non-hydrogen) atoms. The predicted octanol–water partition coefficient (Wildman–Crippen LogP) is 4.98. The van der Waals surface area contributed by atoms with Gasteiger partial charge in [0, 0.05) is 4.47 Å². The van der Waals surface area contributed by atoms with Crippen molar-refractivity contribution in [3.05, 3.63) is 88.4 Å². The van der Waals surface area contributed by atoms with Crippen LogP contribution in [0.3, 0.4) is 0 Å². The number of carbonyl (C=O) groups excluding carboxylic acids is 2. The van der Waals surface area contributed by atoms with Gasteiger partial charge in [0.15, 0.2) is 6.61 Å². The van der Waals surface area contributed by atoms with Crippen molar-refractivity contribution >= 4 is 27.9 Å². The van der Waals surface area contributed by atoms with Crippen LogP contribution in [0.1, 0.15) is 15.9 Å². The molecule has 0 saturated carbocycles. The van der Waals surface area contributed by atoms with Crippen LogP contribution in [0, 0.1) is 6.92 Å². The van der Waals surface area contributed by atoms with Gasteiger partial charge in [-0.2, -0.15) is 0 Å². The Morgan fingerprint density at radius 2 is 1.58 bits per heavy atom. The molecule has 0 radical (unpaired) electrons. The number of ether oxygens (including phenoxy) is 4. The molecule has 0 fully saturated rings. The lowest BCUT2D eigenvalue weighted by atomic mass is 10.2. The van der Waals surface area contributed by atoms with Crippen LogP contribution in [0.4, 0.5) is 0 Å². The number of para-hydroxylation sites is 2. The van der Waals surface area contributed by atoms with Crippen molar-refractivity contribution in [1.82, 2.24) is 0 Å². The normalized spacial score (nSPS) is 10.3. The fourth-order valence-corrected chi connectivity index (χ4v) is 2.86. The number of benzene rings is 3. The van der Waals surface area contributed by atoms with Gasteiger partial charge in [0.25, 0.3) is 0 Å². The second-order valence-electron chi connectivity index (χ2n) is 6.47. The van der Waals surface area contributed by atoms with Gasteiger partial charge < -0.3 is 18.9 Å². The van der Waals surface area contributed by atoms with Gasteiger partial charge in [0.2, 0.25) is 0 Å². The summed E-state index contributed by atoms with van der Waals surface area (Å²) >= 11 is 3.41. The Morgan fingerprint density at radius 3 is 2.35 bits per heavy atom. The van der Waals surface area contributed by atoms with E-state index in [9.17, 15) is 9.59 Å². The van der Waals surface area contributed by atoms with Crippen LogP contribution >= 0.6 is 15.9 Å². The third kappa shape index (κ3) is 6.86. The van der Waals surface area contributed by atoms with Crippen molar-refractivity contribution in [2.75, 3.05) is 19.8 Å². The highest BCUT2D eigenvalue weighted by atomic mass is 79.9. The summed E-state index contributed by atoms with van der Waals surface area (Å²) in [6.07, 6.45) is 0. The SMILES string of the molecule is Cc1cc(OCC(=O)Oc2ccccc2C(=O)OCCOc2ccccc2)ccc1Br. The molecular weight excluding hydrogens is 464 g/mol. The summed E-state index contributed by atoms with van der Waals surface area (Å²) in [5.41, 5.74) is 1.13. The molecule has 0 N–H and O–H groups in total. The zero-order chi connectivity index (χ0) is 22.1. The largest absolute Gasteiger partial charge is 0.490 e. The minimum Gasteiger partial charge on any atom is -0.490 e. The molecule has 0 amide bonds. The molecule has 0 atom stereocenters. The summed E-state index contributed by atoms with van der Waals surface area (Å²) in [5.74, 6) is 0.104. The molecule has 0 unspecified atom stereocenters. The molecule has 0 bridgehead atoms. The van der Waals surface area contributed by atoms with Crippen molar-refractivity contribution in [2.24, 2.45) is 0 Å². The third-order valence-corrected chi connectivity index (χ3v) is 5.04. The molecule has 0 aliphatic carbocycles. The first-order valence-electron chi connectivity index (χ1n) is 9.56. The summed E-state index contributed by atoms with van der Waals surface area (Å²) in [6, 6.07) is 21.0. The van der Waals surface area contributed by atoms with Crippen LogP contribution in [0.15, 0.2) is 77.3 Å². The average molecular weight is 485 g/mol. The summed E-state index contributed by atoms with van der Waals surface area (Å²) < 4.78 is 22.5. The minimum atomic E-state index is -0.631. The molecule has 7 heteroatoms. The lowest BCUT2D eigenvalue weighted by Gasteiger charge is -2.11. The summed E-state index contributed by atoms with van der Waals surface area (Å²) in [6.45, 7) is 1.89. The summed E-state index contributed by atoms with van der Waals surface area (Å²) in [5, 5.41) is 0. The Hall–Kier alpha value is -3.32. The molecule has 0 aliphatic rings. The number of halogens is 1. The van der Waals surface area contributed by atoms with E-state index in [4.69, 9.17) is 18.9 Å². The van der Waals surface area contributed by atoms with Gasteiger partial charge in [-0.25, -0.2) is 9.59 Å². The van der Waals surface area contributed by atoms with Crippen LogP contribution < -0.4 is 14.2 Å². The molecule has 160 valence electrons. The highest BCUT2D eigenvalue weighted by molar-refractivity contribution is 9.10. The van der Waals surface area contributed by atoms with E-state index in [1.807, 2.05) is 43.3 Å². The second-order valence-corrected chi connectivity index (χ2v) is 7.32. The standard InChI is InChI=1S/C24H21BrO6/c1-17-15-19(11-12-21(17)25)30-16-23(26)31-22-10-6-5-9-20(22)24(27)29-14-13-28-18-7-3-2-4-8-18/h2-12,15H,13-14,16H2,1H3. The molecule has 3 aromatic rings. The van der Waals surface area contributed by atoms with E-state index < -0.39 is 11.9 Å². The molecular formula is C24H21BrO6. The van der Waals surface area contributed by atoms with Crippen molar-refractivity contribution in [1.29, 1.82) is 0 Å². The van der Waals surface area contributed by atoms with Crippen molar-refractivity contribution < 1.29 is 28.5 Å². The number of hydrogen-bond acceptors (Lipinski definition) is 6. The quantitative estimate of drug-likeness (QED) is 0.242. The van der Waals surface area contributed by atoms with Crippen LogP contribution in [0.5, 0.6) is 17.2 Å². The van der Waals surface area contributed by atoms with E-state index in [-0.39, 0.29) is 31.1 Å². The third-order valence-electron chi connectivity index (χ3n) is 4.15. The maximum absolute atomic E-state index is 12.4. The van der Waals surface area contributed by atoms with Gasteiger partial charge in [-0.3, -0.25) is 0 Å². The number of carbonyl (C=O) groups is 2. The monoisotopic (exact) mass is 484 g/mol. The molecule has 3 aromatic carbocycles. The fourth-order valence-electron chi connectivity index (χ4n) is 2.61. The zero-order valence-electron chi connectivity index (χ0n) is 16.9. The van der Waals surface area contributed by atoms with Crippen LogP contribution in [-0.4, -0.2) is 31.8 Å². The number of aryl methyl sites for hydroxylation is 1. The second kappa shape index (κ2) is 11.2. The van der Waals surface area contributed by atoms with E-state index in [2.05, 4.69) is 15.9 Å². The van der Waals surface area contributed by atoms with Crippen molar-refractivity contribution in [2.45, 2.75) is 6.92 Å². The Balaban J connectivity index is 1.50. The Labute approximate surface area is 188 Å². The van der Waals surface area contributed by atoms with Gasteiger partial charge in [-0.1, -0.05) is 46.3 Å². The Kier molecular flexibility index (Phi) is 8.06. The highest BCUT2D eigenvalue weighted by Crippen LogP contribution is 2.22. The van der Waals surface area contributed by atoms with Crippen LogP contribution in [-0.2, 0) is 9.53 Å². The van der Waals surface area contributed by atoms with E-state index in [1.54, 1.807) is 24.3 Å². The van der Waals surface area contributed by atoms with E-state index in [1.165, 1.54) is 12.1 Å². The predicted molar refractivity (Wildman–Crippen MR) is 119 cm³/mol. The molecule has 3 rings (SSSR count). The summed E-state index contributed by atoms with van der Waals surface area (Å²) in [4.78, 5) is 24.6.